The number of nitrogens with one attached hydrogen (secondary N) is 1. The second-order valence-electron chi connectivity index (χ2n) is 4.85. The molecule has 0 aliphatic carbocycles. The van der Waals surface area contributed by atoms with Crippen LogP contribution in [-0.2, 0) is 6.18 Å². The molecule has 1 unspecified atom stereocenters. The van der Waals surface area contributed by atoms with Gasteiger partial charge in [-0.1, -0.05) is 40.5 Å². The molecular weight excluding hydrogens is 366 g/mol. The summed E-state index contributed by atoms with van der Waals surface area (Å²) in [5.41, 5.74) is -0.138. The van der Waals surface area contributed by atoms with Crippen LogP contribution in [0.25, 0.3) is 0 Å². The number of pyridine rings is 1. The first-order chi connectivity index (χ1) is 11.4. The molecule has 2 heterocycles. The van der Waals surface area contributed by atoms with E-state index in [2.05, 4.69) is 25.6 Å². The second kappa shape index (κ2) is 6.37. The average molecular weight is 374 g/mol. The normalized spacial score (nSPS) is 13.0. The Bertz CT molecular complexity index is 852. The third-order valence-electron chi connectivity index (χ3n) is 3.27. The number of aromatic amines is 1. The fraction of sp³-hybridized carbons (Fsp3) is 0.143. The molecule has 0 saturated carbocycles. The van der Waals surface area contributed by atoms with Crippen molar-refractivity contribution in [1.82, 2.24) is 25.6 Å². The van der Waals surface area contributed by atoms with Crippen LogP contribution < -0.4 is 0 Å². The predicted molar refractivity (Wildman–Crippen MR) is 80.8 cm³/mol. The molecule has 1 atom stereocenters. The lowest BCUT2D eigenvalue weighted by Crippen LogP contribution is -2.11. The molecular formula is C14H8Cl2F3N5. The van der Waals surface area contributed by atoms with Gasteiger partial charge in [-0.25, -0.2) is 0 Å². The van der Waals surface area contributed by atoms with Gasteiger partial charge in [0.05, 0.1) is 22.2 Å². The summed E-state index contributed by atoms with van der Waals surface area (Å²) in [6.07, 6.45) is -3.81. The van der Waals surface area contributed by atoms with Crippen LogP contribution in [0.5, 0.6) is 0 Å². The molecule has 0 aliphatic heterocycles. The largest absolute Gasteiger partial charge is 0.417 e. The molecule has 1 aromatic carbocycles. The van der Waals surface area contributed by atoms with E-state index in [1.807, 2.05) is 0 Å². The third-order valence-corrected chi connectivity index (χ3v) is 3.81. The number of halogens is 5. The van der Waals surface area contributed by atoms with Gasteiger partial charge < -0.3 is 0 Å². The number of tetrazole rings is 1. The van der Waals surface area contributed by atoms with Gasteiger partial charge in [-0.15, -0.1) is 10.2 Å². The van der Waals surface area contributed by atoms with E-state index < -0.39 is 17.7 Å². The summed E-state index contributed by atoms with van der Waals surface area (Å²) in [5.74, 6) is -0.497. The lowest BCUT2D eigenvalue weighted by molar-refractivity contribution is -0.137. The van der Waals surface area contributed by atoms with Crippen LogP contribution in [-0.4, -0.2) is 25.6 Å². The fourth-order valence-corrected chi connectivity index (χ4v) is 2.70. The summed E-state index contributed by atoms with van der Waals surface area (Å²) in [7, 11) is 0. The molecule has 2 aromatic heterocycles. The van der Waals surface area contributed by atoms with Crippen molar-refractivity contribution in [2.75, 3.05) is 0 Å². The number of hydrogen-bond donors (Lipinski definition) is 1. The minimum Gasteiger partial charge on any atom is -0.258 e. The Balaban J connectivity index is 2.14. The molecule has 3 aromatic rings. The van der Waals surface area contributed by atoms with Crippen molar-refractivity contribution in [3.05, 3.63) is 69.2 Å². The Labute approximate surface area is 143 Å². The summed E-state index contributed by atoms with van der Waals surface area (Å²) in [5, 5.41) is 13.9. The monoisotopic (exact) mass is 373 g/mol. The van der Waals surface area contributed by atoms with E-state index in [9.17, 15) is 13.2 Å². The van der Waals surface area contributed by atoms with Crippen LogP contribution >= 0.6 is 23.2 Å². The highest BCUT2D eigenvalue weighted by atomic mass is 35.5. The first-order valence-corrected chi connectivity index (χ1v) is 7.33. The van der Waals surface area contributed by atoms with Gasteiger partial charge in [0.1, 0.15) is 0 Å². The molecule has 0 fully saturated rings. The number of rotatable bonds is 3. The van der Waals surface area contributed by atoms with Crippen molar-refractivity contribution in [3.63, 3.8) is 0 Å². The van der Waals surface area contributed by atoms with Crippen LogP contribution in [0.2, 0.25) is 10.0 Å². The predicted octanol–water partition coefficient (Wildman–Crippen LogP) is 4.10. The lowest BCUT2D eigenvalue weighted by Gasteiger charge is -2.16. The Kier molecular flexibility index (Phi) is 4.42. The summed E-state index contributed by atoms with van der Waals surface area (Å²) in [4.78, 5) is 3.89. The zero-order valence-corrected chi connectivity index (χ0v) is 13.2. The second-order valence-corrected chi connectivity index (χ2v) is 5.69. The van der Waals surface area contributed by atoms with Gasteiger partial charge in [-0.2, -0.15) is 18.4 Å². The van der Waals surface area contributed by atoms with Crippen LogP contribution in [0.15, 0.2) is 36.5 Å². The van der Waals surface area contributed by atoms with E-state index >= 15 is 0 Å². The van der Waals surface area contributed by atoms with Crippen LogP contribution in [0, 0.1) is 0 Å². The topological polar surface area (TPSA) is 67.3 Å². The van der Waals surface area contributed by atoms with E-state index in [0.717, 1.165) is 12.3 Å². The zero-order valence-electron chi connectivity index (χ0n) is 11.7. The van der Waals surface area contributed by atoms with Gasteiger partial charge in [-0.3, -0.25) is 4.98 Å². The molecule has 0 bridgehead atoms. The molecule has 1 N–H and O–H groups in total. The highest BCUT2D eigenvalue weighted by Crippen LogP contribution is 2.36. The molecule has 0 saturated heterocycles. The maximum Gasteiger partial charge on any atom is 0.417 e. The van der Waals surface area contributed by atoms with E-state index in [0.29, 0.717) is 10.6 Å². The van der Waals surface area contributed by atoms with Crippen molar-refractivity contribution in [3.8, 4) is 0 Å². The number of H-pyrrole nitrogens is 1. The third kappa shape index (κ3) is 3.34. The van der Waals surface area contributed by atoms with Crippen LogP contribution in [0.4, 0.5) is 13.2 Å². The quantitative estimate of drug-likeness (QED) is 0.750. The highest BCUT2D eigenvalue weighted by Gasteiger charge is 2.33. The maximum absolute atomic E-state index is 12.8. The first kappa shape index (κ1) is 16.7. The highest BCUT2D eigenvalue weighted by molar-refractivity contribution is 6.31. The molecule has 24 heavy (non-hydrogen) atoms. The van der Waals surface area contributed by atoms with Crippen molar-refractivity contribution in [2.45, 2.75) is 12.1 Å². The molecule has 124 valence electrons. The summed E-state index contributed by atoms with van der Waals surface area (Å²) < 4.78 is 38.4. The van der Waals surface area contributed by atoms with Gasteiger partial charge >= 0.3 is 6.18 Å². The number of alkyl halides is 3. The minimum absolute atomic E-state index is 0.153. The SMILES string of the molecule is FC(F)(F)c1cnc(C(c2cccc(Cl)c2)c2nn[nH]n2)c(Cl)c1. The van der Waals surface area contributed by atoms with E-state index in [-0.39, 0.29) is 16.5 Å². The van der Waals surface area contributed by atoms with Crippen LogP contribution in [0.3, 0.4) is 0 Å². The van der Waals surface area contributed by atoms with Crippen LogP contribution in [0.1, 0.15) is 28.6 Å². The lowest BCUT2D eigenvalue weighted by atomic mass is 9.94. The number of benzene rings is 1. The summed E-state index contributed by atoms with van der Waals surface area (Å²) in [6, 6.07) is 7.55. The molecule has 5 nitrogen and oxygen atoms in total. The van der Waals surface area contributed by atoms with Gasteiger partial charge in [0.15, 0.2) is 5.82 Å². The van der Waals surface area contributed by atoms with Gasteiger partial charge in [-0.05, 0) is 23.8 Å². The molecule has 10 heteroatoms. The number of hydrogen-bond acceptors (Lipinski definition) is 4. The number of nitrogens with zero attached hydrogens (tertiary/aromatic N) is 4. The first-order valence-electron chi connectivity index (χ1n) is 6.57. The van der Waals surface area contributed by atoms with Gasteiger partial charge in [0.2, 0.25) is 0 Å². The fourth-order valence-electron chi connectivity index (χ4n) is 2.22. The Morgan fingerprint density at radius 3 is 2.50 bits per heavy atom. The molecule has 0 radical (unpaired) electrons. The van der Waals surface area contributed by atoms with Gasteiger partial charge in [0, 0.05) is 11.2 Å². The zero-order chi connectivity index (χ0) is 17.3. The van der Waals surface area contributed by atoms with E-state index in [1.54, 1.807) is 24.3 Å². The van der Waals surface area contributed by atoms with Crippen molar-refractivity contribution in [2.24, 2.45) is 0 Å². The standard InChI is InChI=1S/C14H8Cl2F3N5/c15-9-3-1-2-7(4-9)11(13-21-23-24-22-13)12-10(16)5-8(6-20-12)14(17,18)19/h1-6,11H,(H,21,22,23,24). The van der Waals surface area contributed by atoms with Crippen molar-refractivity contribution < 1.29 is 13.2 Å². The smallest absolute Gasteiger partial charge is 0.258 e. The minimum atomic E-state index is -4.53. The Morgan fingerprint density at radius 2 is 1.92 bits per heavy atom. The molecule has 3 rings (SSSR count). The van der Waals surface area contributed by atoms with Crippen molar-refractivity contribution >= 4 is 23.2 Å². The maximum atomic E-state index is 12.8. The Hall–Kier alpha value is -2.19. The summed E-state index contributed by atoms with van der Waals surface area (Å²) >= 11 is 12.1. The Morgan fingerprint density at radius 1 is 1.12 bits per heavy atom. The van der Waals surface area contributed by atoms with E-state index in [1.165, 1.54) is 0 Å². The van der Waals surface area contributed by atoms with Crippen molar-refractivity contribution in [1.29, 1.82) is 0 Å². The van der Waals surface area contributed by atoms with Gasteiger partial charge in [0.25, 0.3) is 0 Å². The molecule has 0 spiro atoms. The molecule has 0 amide bonds. The average Bonchev–Trinajstić information content (AvgIpc) is 3.02. The molecule has 0 aliphatic rings. The number of aromatic nitrogens is 5. The summed E-state index contributed by atoms with van der Waals surface area (Å²) in [6.45, 7) is 0. The van der Waals surface area contributed by atoms with E-state index in [4.69, 9.17) is 23.2 Å².